The molecule has 4 heteroatoms. The summed E-state index contributed by atoms with van der Waals surface area (Å²) in [6.45, 7) is 6.34. The maximum atomic E-state index is 12.2. The molecule has 4 nitrogen and oxygen atoms in total. The molecule has 0 spiro atoms. The molecule has 4 rings (SSSR count). The fraction of sp³-hybridized carbons (Fsp3) is 0.786. The maximum absolute atomic E-state index is 12.2. The minimum absolute atomic E-state index is 0.0523. The van der Waals surface area contributed by atoms with Crippen LogP contribution in [0.15, 0.2) is 24.3 Å². The van der Waals surface area contributed by atoms with Crippen molar-refractivity contribution in [1.82, 2.24) is 0 Å². The summed E-state index contributed by atoms with van der Waals surface area (Å²) in [5.74, 6) is 1.83. The standard InChI is InChI=1S/C28H41NO3/c1-20(30)32-23-13-15-26(2)22(19-23)10-11-25-24(26)14-16-27(3)21(12-17-28(25,27)31)9-7-5-4-6-8-18-29/h4-5,7,9,21-25,31H,6,8,10-17,19H2,1-3H3/b5-4+,9-7+/t21-,22+,23-,24-,25+,26-,27+,28-/m0/s1. The molecule has 0 aliphatic heterocycles. The fourth-order valence-electron chi connectivity index (χ4n) is 8.40. The van der Waals surface area contributed by atoms with E-state index in [0.29, 0.717) is 30.1 Å². The van der Waals surface area contributed by atoms with Gasteiger partial charge < -0.3 is 9.84 Å². The minimum atomic E-state index is -0.573. The van der Waals surface area contributed by atoms with Crippen LogP contribution < -0.4 is 0 Å². The van der Waals surface area contributed by atoms with E-state index in [0.717, 1.165) is 57.8 Å². The first kappa shape index (κ1) is 23.6. The Bertz CT molecular complexity index is 812. The van der Waals surface area contributed by atoms with Crippen molar-refractivity contribution in [2.45, 2.75) is 103 Å². The molecule has 4 aliphatic carbocycles. The maximum Gasteiger partial charge on any atom is 0.302 e. The first-order valence-corrected chi connectivity index (χ1v) is 12.8. The molecule has 0 aromatic heterocycles. The Labute approximate surface area is 194 Å². The van der Waals surface area contributed by atoms with Gasteiger partial charge in [-0.3, -0.25) is 4.79 Å². The van der Waals surface area contributed by atoms with Crippen LogP contribution in [0.3, 0.4) is 0 Å². The highest BCUT2D eigenvalue weighted by molar-refractivity contribution is 5.66. The van der Waals surface area contributed by atoms with Gasteiger partial charge in [-0.1, -0.05) is 38.2 Å². The third kappa shape index (κ3) is 3.85. The zero-order chi connectivity index (χ0) is 23.0. The Hall–Kier alpha value is -1.60. The van der Waals surface area contributed by atoms with Gasteiger partial charge in [-0.2, -0.15) is 5.26 Å². The molecule has 4 aliphatic rings. The third-order valence-corrected chi connectivity index (χ3v) is 10.2. The number of ether oxygens (including phenoxy) is 1. The molecular formula is C28H41NO3. The lowest BCUT2D eigenvalue weighted by Crippen LogP contribution is -2.62. The van der Waals surface area contributed by atoms with Crippen molar-refractivity contribution in [1.29, 1.82) is 5.26 Å². The van der Waals surface area contributed by atoms with Gasteiger partial charge in [0.15, 0.2) is 0 Å². The number of carbonyl (C=O) groups excluding carboxylic acids is 1. The summed E-state index contributed by atoms with van der Waals surface area (Å²) >= 11 is 0. The second kappa shape index (κ2) is 8.98. The number of rotatable bonds is 5. The molecule has 1 N–H and O–H groups in total. The van der Waals surface area contributed by atoms with E-state index in [1.807, 2.05) is 0 Å². The van der Waals surface area contributed by atoms with Crippen LogP contribution in [0.5, 0.6) is 0 Å². The molecule has 0 aromatic rings. The number of fused-ring (bicyclic) bond motifs is 5. The summed E-state index contributed by atoms with van der Waals surface area (Å²) in [6, 6.07) is 2.18. The zero-order valence-corrected chi connectivity index (χ0v) is 20.2. The van der Waals surface area contributed by atoms with Crippen molar-refractivity contribution in [3.63, 3.8) is 0 Å². The topological polar surface area (TPSA) is 70.3 Å². The van der Waals surface area contributed by atoms with Gasteiger partial charge in [0.1, 0.15) is 6.10 Å². The van der Waals surface area contributed by atoms with Gasteiger partial charge in [-0.15, -0.1) is 0 Å². The second-order valence-corrected chi connectivity index (χ2v) is 11.5. The molecule has 0 aromatic carbocycles. The smallest absolute Gasteiger partial charge is 0.302 e. The van der Waals surface area contributed by atoms with Crippen molar-refractivity contribution in [2.75, 3.05) is 0 Å². The van der Waals surface area contributed by atoms with Crippen LogP contribution in [0, 0.1) is 45.8 Å². The summed E-state index contributed by atoms with van der Waals surface area (Å²) in [4.78, 5) is 11.5. The number of hydrogen-bond acceptors (Lipinski definition) is 4. The average molecular weight is 440 g/mol. The number of hydrogen-bond donors (Lipinski definition) is 1. The normalized spacial score (nSPS) is 45.8. The Balaban J connectivity index is 1.48. The van der Waals surface area contributed by atoms with Crippen molar-refractivity contribution in [3.8, 4) is 6.07 Å². The number of nitrogens with zero attached hydrogens (tertiary/aromatic N) is 1. The van der Waals surface area contributed by atoms with E-state index in [4.69, 9.17) is 10.00 Å². The molecule has 0 radical (unpaired) electrons. The Morgan fingerprint density at radius 1 is 1.09 bits per heavy atom. The first-order valence-electron chi connectivity index (χ1n) is 12.8. The van der Waals surface area contributed by atoms with E-state index < -0.39 is 5.60 Å². The highest BCUT2D eigenvalue weighted by atomic mass is 16.5. The van der Waals surface area contributed by atoms with E-state index in [2.05, 4.69) is 44.2 Å². The Morgan fingerprint density at radius 2 is 1.91 bits per heavy atom. The molecule has 0 bridgehead atoms. The summed E-state index contributed by atoms with van der Waals surface area (Å²) in [5, 5.41) is 20.9. The number of nitriles is 1. The molecule has 4 saturated carbocycles. The Morgan fingerprint density at radius 3 is 2.66 bits per heavy atom. The van der Waals surface area contributed by atoms with Gasteiger partial charge in [0, 0.05) is 18.8 Å². The number of carbonyl (C=O) groups is 1. The third-order valence-electron chi connectivity index (χ3n) is 10.2. The van der Waals surface area contributed by atoms with E-state index in [-0.39, 0.29) is 22.9 Å². The van der Waals surface area contributed by atoms with Crippen LogP contribution >= 0.6 is 0 Å². The molecule has 4 fully saturated rings. The monoisotopic (exact) mass is 439 g/mol. The fourth-order valence-corrected chi connectivity index (χ4v) is 8.40. The van der Waals surface area contributed by atoms with Gasteiger partial charge in [0.25, 0.3) is 0 Å². The van der Waals surface area contributed by atoms with Crippen LogP contribution in [0.2, 0.25) is 0 Å². The van der Waals surface area contributed by atoms with Gasteiger partial charge in [0.2, 0.25) is 0 Å². The zero-order valence-electron chi connectivity index (χ0n) is 20.2. The molecule has 32 heavy (non-hydrogen) atoms. The average Bonchev–Trinajstić information content (AvgIpc) is 3.01. The van der Waals surface area contributed by atoms with E-state index in [1.165, 1.54) is 13.3 Å². The van der Waals surface area contributed by atoms with Crippen LogP contribution in [0.4, 0.5) is 0 Å². The summed E-state index contributed by atoms with van der Waals surface area (Å²) in [5.41, 5.74) is -0.368. The molecule has 0 unspecified atom stereocenters. The lowest BCUT2D eigenvalue weighted by Gasteiger charge is -2.63. The van der Waals surface area contributed by atoms with E-state index >= 15 is 0 Å². The summed E-state index contributed by atoms with van der Waals surface area (Å²) < 4.78 is 5.59. The second-order valence-electron chi connectivity index (χ2n) is 11.5. The minimum Gasteiger partial charge on any atom is -0.463 e. The predicted molar refractivity (Wildman–Crippen MR) is 125 cm³/mol. The molecule has 0 amide bonds. The number of unbranched alkanes of at least 4 members (excludes halogenated alkanes) is 1. The number of esters is 1. The van der Waals surface area contributed by atoms with Crippen LogP contribution in [-0.2, 0) is 9.53 Å². The molecule has 0 saturated heterocycles. The van der Waals surface area contributed by atoms with E-state index in [1.54, 1.807) is 0 Å². The number of aliphatic hydroxyl groups is 1. The summed E-state index contributed by atoms with van der Waals surface area (Å²) in [6.07, 6.45) is 19.6. The highest BCUT2D eigenvalue weighted by Crippen LogP contribution is 2.69. The van der Waals surface area contributed by atoms with Gasteiger partial charge in [0.05, 0.1) is 11.7 Å². The summed E-state index contributed by atoms with van der Waals surface area (Å²) in [7, 11) is 0. The van der Waals surface area contributed by atoms with Gasteiger partial charge in [-0.25, -0.2) is 0 Å². The van der Waals surface area contributed by atoms with Crippen molar-refractivity contribution in [2.24, 2.45) is 34.5 Å². The van der Waals surface area contributed by atoms with Crippen molar-refractivity contribution in [3.05, 3.63) is 24.3 Å². The van der Waals surface area contributed by atoms with Crippen molar-refractivity contribution >= 4 is 5.97 Å². The first-order chi connectivity index (χ1) is 15.2. The predicted octanol–water partition coefficient (Wildman–Crippen LogP) is 6.11. The molecular weight excluding hydrogens is 398 g/mol. The molecule has 8 atom stereocenters. The van der Waals surface area contributed by atoms with Crippen molar-refractivity contribution < 1.29 is 14.6 Å². The molecule has 176 valence electrons. The van der Waals surface area contributed by atoms with Crippen LogP contribution in [0.1, 0.15) is 91.4 Å². The molecule has 0 heterocycles. The van der Waals surface area contributed by atoms with Crippen LogP contribution in [0.25, 0.3) is 0 Å². The van der Waals surface area contributed by atoms with Gasteiger partial charge >= 0.3 is 5.97 Å². The Kier molecular flexibility index (Phi) is 6.61. The quantitative estimate of drug-likeness (QED) is 0.319. The lowest BCUT2D eigenvalue weighted by atomic mass is 9.43. The van der Waals surface area contributed by atoms with Crippen LogP contribution in [-0.4, -0.2) is 22.8 Å². The number of allylic oxidation sites excluding steroid dienone is 4. The lowest BCUT2D eigenvalue weighted by molar-refractivity contribution is -0.209. The van der Waals surface area contributed by atoms with Gasteiger partial charge in [-0.05, 0) is 93.3 Å². The largest absolute Gasteiger partial charge is 0.463 e. The van der Waals surface area contributed by atoms with E-state index in [9.17, 15) is 9.90 Å². The highest BCUT2D eigenvalue weighted by Gasteiger charge is 2.66. The SMILES string of the molecule is CC(=O)O[C@H]1CC[C@@]2(C)[C@H](CC[C@@H]3[C@@H]2CC[C@]2(C)[C@@H](/C=C/C=C/CCC#N)CC[C@]32O)C1.